The Morgan fingerprint density at radius 2 is 2.00 bits per heavy atom. The zero-order chi connectivity index (χ0) is 13.3. The monoisotopic (exact) mass is 246 g/mol. The molecule has 7 heteroatoms. The highest BCUT2D eigenvalue weighted by molar-refractivity contribution is 5.94. The van der Waals surface area contributed by atoms with E-state index < -0.39 is 30.6 Å². The molecule has 0 aliphatic carbocycles. The summed E-state index contributed by atoms with van der Waals surface area (Å²) in [5.41, 5.74) is 0. The summed E-state index contributed by atoms with van der Waals surface area (Å²) in [5, 5.41) is 13.0. The predicted octanol–water partition coefficient (Wildman–Crippen LogP) is 0.102. The summed E-state index contributed by atoms with van der Waals surface area (Å²) in [6, 6.07) is -0.602. The van der Waals surface area contributed by atoms with Crippen LogP contribution in [0.3, 0.4) is 0 Å². The van der Waals surface area contributed by atoms with Gasteiger partial charge in [-0.3, -0.25) is 10.1 Å². The minimum Gasteiger partial charge on any atom is -0.479 e. The Balaban J connectivity index is 3.71. The fourth-order valence-corrected chi connectivity index (χ4v) is 0.858. The van der Waals surface area contributed by atoms with Gasteiger partial charge in [-0.25, -0.2) is 9.59 Å². The molecule has 0 saturated carbocycles. The average molecular weight is 246 g/mol. The van der Waals surface area contributed by atoms with E-state index in [1.807, 2.05) is 12.2 Å². The number of unbranched alkanes of at least 4 members (excludes halogenated alkanes) is 1. The molecule has 0 spiro atoms. The first-order valence-corrected chi connectivity index (χ1v) is 5.39. The van der Waals surface area contributed by atoms with E-state index in [0.717, 1.165) is 12.8 Å². The molecule has 17 heavy (non-hydrogen) atoms. The van der Waals surface area contributed by atoms with Gasteiger partial charge in [-0.1, -0.05) is 13.3 Å². The minimum absolute atomic E-state index is 0.464. The van der Waals surface area contributed by atoms with Gasteiger partial charge in [0.05, 0.1) is 0 Å². The first kappa shape index (κ1) is 15.4. The molecule has 3 N–H and O–H groups in total. The largest absolute Gasteiger partial charge is 0.479 e. The van der Waals surface area contributed by atoms with E-state index in [9.17, 15) is 14.4 Å². The zero-order valence-electron chi connectivity index (χ0n) is 9.99. The van der Waals surface area contributed by atoms with Gasteiger partial charge in [0.2, 0.25) is 0 Å². The van der Waals surface area contributed by atoms with Gasteiger partial charge in [0.15, 0.2) is 6.10 Å². The van der Waals surface area contributed by atoms with E-state index in [1.54, 1.807) is 0 Å². The standard InChI is InChI=1S/C10H18N2O5/c1-3-4-5-11-10(16)12-8(13)6-17-7(2)9(14)15/h7H,3-6H2,1-2H3,(H,14,15)(H2,11,12,13,16)/t7-/m1/s1. The van der Waals surface area contributed by atoms with Crippen molar-refractivity contribution in [3.05, 3.63) is 0 Å². The number of carbonyl (C=O) groups is 3. The smallest absolute Gasteiger partial charge is 0.332 e. The summed E-state index contributed by atoms with van der Waals surface area (Å²) in [6.07, 6.45) is 0.686. The number of hydrogen-bond acceptors (Lipinski definition) is 4. The molecule has 0 heterocycles. The van der Waals surface area contributed by atoms with Crippen LogP contribution >= 0.6 is 0 Å². The summed E-state index contributed by atoms with van der Waals surface area (Å²) in [4.78, 5) is 32.6. The molecular formula is C10H18N2O5. The number of nitrogens with one attached hydrogen (secondary N) is 2. The average Bonchev–Trinajstić information content (AvgIpc) is 2.26. The van der Waals surface area contributed by atoms with Crippen LogP contribution in [0.2, 0.25) is 0 Å². The summed E-state index contributed by atoms with van der Waals surface area (Å²) >= 11 is 0. The van der Waals surface area contributed by atoms with Crippen molar-refractivity contribution in [2.75, 3.05) is 13.2 Å². The van der Waals surface area contributed by atoms with Gasteiger partial charge in [0.1, 0.15) is 6.61 Å². The number of carboxylic acids is 1. The van der Waals surface area contributed by atoms with Crippen LogP contribution in [0.1, 0.15) is 26.7 Å². The second kappa shape index (κ2) is 8.51. The Bertz CT molecular complexity index is 280. The van der Waals surface area contributed by atoms with Crippen LogP contribution in [-0.2, 0) is 14.3 Å². The third-order valence-electron chi connectivity index (χ3n) is 1.88. The number of carboxylic acid groups (broad SMARTS) is 1. The molecule has 98 valence electrons. The Kier molecular flexibility index (Phi) is 7.70. The van der Waals surface area contributed by atoms with E-state index in [2.05, 4.69) is 5.32 Å². The maximum Gasteiger partial charge on any atom is 0.332 e. The number of ether oxygens (including phenoxy) is 1. The second-order valence-corrected chi connectivity index (χ2v) is 3.45. The molecule has 0 aliphatic heterocycles. The van der Waals surface area contributed by atoms with Gasteiger partial charge in [-0.2, -0.15) is 0 Å². The van der Waals surface area contributed by atoms with E-state index in [0.29, 0.717) is 6.54 Å². The van der Waals surface area contributed by atoms with Crippen LogP contribution in [-0.4, -0.2) is 42.3 Å². The Labute approximate surface area is 99.5 Å². The molecule has 1 atom stereocenters. The van der Waals surface area contributed by atoms with Gasteiger partial charge in [-0.05, 0) is 13.3 Å². The number of urea groups is 1. The fourth-order valence-electron chi connectivity index (χ4n) is 0.858. The van der Waals surface area contributed by atoms with Crippen LogP contribution in [0, 0.1) is 0 Å². The molecular weight excluding hydrogens is 228 g/mol. The van der Waals surface area contributed by atoms with Gasteiger partial charge in [0, 0.05) is 6.54 Å². The summed E-state index contributed by atoms with van der Waals surface area (Å²) < 4.78 is 4.70. The van der Waals surface area contributed by atoms with Gasteiger partial charge < -0.3 is 15.2 Å². The van der Waals surface area contributed by atoms with Gasteiger partial charge >= 0.3 is 12.0 Å². The van der Waals surface area contributed by atoms with Crippen molar-refractivity contribution in [3.63, 3.8) is 0 Å². The molecule has 0 saturated heterocycles. The number of carbonyl (C=O) groups excluding carboxylic acids is 2. The molecule has 3 amide bonds. The van der Waals surface area contributed by atoms with Crippen molar-refractivity contribution < 1.29 is 24.2 Å². The molecule has 0 radical (unpaired) electrons. The van der Waals surface area contributed by atoms with Crippen LogP contribution in [0.4, 0.5) is 4.79 Å². The molecule has 0 aromatic heterocycles. The van der Waals surface area contributed by atoms with Crippen molar-refractivity contribution in [2.45, 2.75) is 32.8 Å². The van der Waals surface area contributed by atoms with Crippen molar-refractivity contribution >= 4 is 17.9 Å². The minimum atomic E-state index is -1.16. The number of rotatable bonds is 7. The molecule has 0 unspecified atom stereocenters. The lowest BCUT2D eigenvalue weighted by Gasteiger charge is -2.08. The lowest BCUT2D eigenvalue weighted by molar-refractivity contribution is -0.150. The van der Waals surface area contributed by atoms with Crippen molar-refractivity contribution in [3.8, 4) is 0 Å². The Morgan fingerprint density at radius 1 is 1.35 bits per heavy atom. The molecule has 0 rings (SSSR count). The predicted molar refractivity (Wildman–Crippen MR) is 59.5 cm³/mol. The van der Waals surface area contributed by atoms with Crippen LogP contribution in [0.5, 0.6) is 0 Å². The quantitative estimate of drug-likeness (QED) is 0.553. The molecule has 0 aromatic carbocycles. The highest BCUT2D eigenvalue weighted by Crippen LogP contribution is 1.89. The zero-order valence-corrected chi connectivity index (χ0v) is 9.99. The topological polar surface area (TPSA) is 105 Å². The Hall–Kier alpha value is -1.63. The third-order valence-corrected chi connectivity index (χ3v) is 1.88. The summed E-state index contributed by atoms with van der Waals surface area (Å²) in [6.45, 7) is 3.31. The number of imide groups is 1. The summed E-state index contributed by atoms with van der Waals surface area (Å²) in [7, 11) is 0. The van der Waals surface area contributed by atoms with Crippen LogP contribution in [0.25, 0.3) is 0 Å². The van der Waals surface area contributed by atoms with Gasteiger partial charge in [-0.15, -0.1) is 0 Å². The SMILES string of the molecule is CCCCNC(=O)NC(=O)CO[C@H](C)C(=O)O. The number of amides is 3. The highest BCUT2D eigenvalue weighted by atomic mass is 16.5. The molecule has 7 nitrogen and oxygen atoms in total. The van der Waals surface area contributed by atoms with Crippen molar-refractivity contribution in [1.82, 2.24) is 10.6 Å². The van der Waals surface area contributed by atoms with E-state index in [1.165, 1.54) is 6.92 Å². The van der Waals surface area contributed by atoms with Gasteiger partial charge in [0.25, 0.3) is 5.91 Å². The molecule has 0 bridgehead atoms. The third kappa shape index (κ3) is 8.21. The molecule has 0 fully saturated rings. The highest BCUT2D eigenvalue weighted by Gasteiger charge is 2.14. The molecule has 0 aliphatic rings. The fraction of sp³-hybridized carbons (Fsp3) is 0.700. The first-order valence-electron chi connectivity index (χ1n) is 5.39. The first-order chi connectivity index (χ1) is 7.97. The van der Waals surface area contributed by atoms with Crippen LogP contribution < -0.4 is 10.6 Å². The molecule has 0 aromatic rings. The van der Waals surface area contributed by atoms with Crippen LogP contribution in [0.15, 0.2) is 0 Å². The van der Waals surface area contributed by atoms with Crippen molar-refractivity contribution in [2.24, 2.45) is 0 Å². The summed E-state index contributed by atoms with van der Waals surface area (Å²) in [5.74, 6) is -1.84. The van der Waals surface area contributed by atoms with E-state index in [4.69, 9.17) is 9.84 Å². The maximum absolute atomic E-state index is 11.1. The Morgan fingerprint density at radius 3 is 2.53 bits per heavy atom. The lowest BCUT2D eigenvalue weighted by atomic mass is 10.3. The number of hydrogen-bond donors (Lipinski definition) is 3. The van der Waals surface area contributed by atoms with Crippen molar-refractivity contribution in [1.29, 1.82) is 0 Å². The lowest BCUT2D eigenvalue weighted by Crippen LogP contribution is -2.42. The maximum atomic E-state index is 11.1. The normalized spacial score (nSPS) is 11.6. The number of aliphatic carboxylic acids is 1. The second-order valence-electron chi connectivity index (χ2n) is 3.45. The van der Waals surface area contributed by atoms with E-state index >= 15 is 0 Å². The van der Waals surface area contributed by atoms with E-state index in [-0.39, 0.29) is 0 Å².